The van der Waals surface area contributed by atoms with Crippen LogP contribution in [0, 0.1) is 17.8 Å². The maximum absolute atomic E-state index is 11.1. The molecule has 0 heterocycles. The minimum absolute atomic E-state index is 0.287. The zero-order valence-electron chi connectivity index (χ0n) is 17.1. The van der Waals surface area contributed by atoms with E-state index in [2.05, 4.69) is 27.7 Å². The molecule has 142 valence electrons. The fourth-order valence-corrected chi connectivity index (χ4v) is 2.52. The van der Waals surface area contributed by atoms with Gasteiger partial charge in [-0.25, -0.2) is 0 Å². The highest BCUT2D eigenvalue weighted by atomic mass is 16.1. The first-order chi connectivity index (χ1) is 11.0. The molecule has 1 aliphatic rings. The quantitative estimate of drug-likeness (QED) is 0.615. The second kappa shape index (κ2) is 15.5. The maximum atomic E-state index is 11.1. The van der Waals surface area contributed by atoms with E-state index < -0.39 is 0 Å². The molecule has 0 atom stereocenters. The molecule has 1 aliphatic carbocycles. The predicted molar refractivity (Wildman–Crippen MR) is 102 cm³/mol. The molecule has 0 saturated heterocycles. The van der Waals surface area contributed by atoms with Gasteiger partial charge in [-0.05, 0) is 37.5 Å². The van der Waals surface area contributed by atoms with E-state index in [1.807, 2.05) is 13.8 Å². The summed E-state index contributed by atoms with van der Waals surface area (Å²) in [4.78, 5) is 31.8. The number of ketones is 3. The number of hydrogen-bond donors (Lipinski definition) is 0. The van der Waals surface area contributed by atoms with Gasteiger partial charge in [-0.15, -0.1) is 0 Å². The van der Waals surface area contributed by atoms with E-state index in [0.29, 0.717) is 29.3 Å². The minimum Gasteiger partial charge on any atom is -0.300 e. The van der Waals surface area contributed by atoms with Crippen LogP contribution in [-0.4, -0.2) is 17.3 Å². The van der Waals surface area contributed by atoms with Gasteiger partial charge >= 0.3 is 0 Å². The summed E-state index contributed by atoms with van der Waals surface area (Å²) in [7, 11) is 0. The van der Waals surface area contributed by atoms with Crippen molar-refractivity contribution >= 4 is 17.3 Å². The lowest BCUT2D eigenvalue weighted by atomic mass is 10.00. The van der Waals surface area contributed by atoms with Crippen molar-refractivity contribution in [3.8, 4) is 0 Å². The van der Waals surface area contributed by atoms with Gasteiger partial charge in [0.1, 0.15) is 17.3 Å². The molecule has 3 heteroatoms. The van der Waals surface area contributed by atoms with E-state index in [-0.39, 0.29) is 5.78 Å². The van der Waals surface area contributed by atoms with Crippen LogP contribution < -0.4 is 0 Å². The minimum atomic E-state index is 0.287. The topological polar surface area (TPSA) is 51.2 Å². The highest BCUT2D eigenvalue weighted by Gasteiger charge is 2.06. The zero-order valence-corrected chi connectivity index (χ0v) is 17.1. The number of Topliss-reactive ketones (excluding diaryl/α,β-unsaturated/α-hetero) is 3. The summed E-state index contributed by atoms with van der Waals surface area (Å²) in [6.07, 6.45) is 7.46. The van der Waals surface area contributed by atoms with Crippen LogP contribution in [0.2, 0.25) is 0 Å². The smallest absolute Gasteiger partial charge is 0.133 e. The van der Waals surface area contributed by atoms with Crippen LogP contribution in [0.5, 0.6) is 0 Å². The molecule has 0 aromatic heterocycles. The molecular formula is C21H40O3. The third-order valence-corrected chi connectivity index (χ3v) is 3.38. The van der Waals surface area contributed by atoms with Crippen LogP contribution in [0.4, 0.5) is 0 Å². The van der Waals surface area contributed by atoms with Crippen molar-refractivity contribution < 1.29 is 14.4 Å². The van der Waals surface area contributed by atoms with Crippen molar-refractivity contribution in [1.29, 1.82) is 0 Å². The van der Waals surface area contributed by atoms with Crippen molar-refractivity contribution in [2.45, 2.75) is 99.8 Å². The Labute approximate surface area is 150 Å². The molecule has 0 aromatic rings. The standard InChI is InChI=1S/C9H18O.C6H10O.C6H12O/c1-7(2)5-9(10)6-8(3)4;7-6-4-2-1-3-5-6;1-5(2)4-6(3)7/h7-8H,5-6H2,1-4H3;1-5H2;5H,4H2,1-3H3. The van der Waals surface area contributed by atoms with Gasteiger partial charge in [-0.2, -0.15) is 0 Å². The normalized spacial score (nSPS) is 14.0. The second-order valence-corrected chi connectivity index (χ2v) is 8.13. The largest absolute Gasteiger partial charge is 0.300 e. The number of hydrogen-bond acceptors (Lipinski definition) is 3. The molecule has 0 bridgehead atoms. The van der Waals surface area contributed by atoms with E-state index in [0.717, 1.165) is 44.9 Å². The molecule has 24 heavy (non-hydrogen) atoms. The third-order valence-electron chi connectivity index (χ3n) is 3.38. The summed E-state index contributed by atoms with van der Waals surface area (Å²) in [5, 5.41) is 0. The molecule has 0 aromatic carbocycles. The van der Waals surface area contributed by atoms with E-state index in [4.69, 9.17) is 0 Å². The summed E-state index contributed by atoms with van der Waals surface area (Å²) >= 11 is 0. The average molecular weight is 341 g/mol. The highest BCUT2D eigenvalue weighted by molar-refractivity contribution is 5.79. The van der Waals surface area contributed by atoms with E-state index in [1.54, 1.807) is 6.92 Å². The molecule has 0 aliphatic heterocycles. The van der Waals surface area contributed by atoms with Crippen LogP contribution in [0.3, 0.4) is 0 Å². The van der Waals surface area contributed by atoms with Gasteiger partial charge < -0.3 is 4.79 Å². The first-order valence-electron chi connectivity index (χ1n) is 9.57. The Hall–Kier alpha value is -0.990. The van der Waals surface area contributed by atoms with E-state index in [9.17, 15) is 14.4 Å². The van der Waals surface area contributed by atoms with Crippen molar-refractivity contribution in [3.05, 3.63) is 0 Å². The van der Waals surface area contributed by atoms with Gasteiger partial charge in [0.25, 0.3) is 0 Å². The molecule has 1 fully saturated rings. The van der Waals surface area contributed by atoms with Gasteiger partial charge in [0.05, 0.1) is 0 Å². The molecule has 0 spiro atoms. The second-order valence-electron chi connectivity index (χ2n) is 8.13. The third kappa shape index (κ3) is 23.3. The summed E-state index contributed by atoms with van der Waals surface area (Å²) in [5.41, 5.74) is 0. The fourth-order valence-electron chi connectivity index (χ4n) is 2.52. The Morgan fingerprint density at radius 2 is 1.12 bits per heavy atom. The van der Waals surface area contributed by atoms with Crippen molar-refractivity contribution in [2.75, 3.05) is 0 Å². The number of carbonyl (C=O) groups is 3. The molecular weight excluding hydrogens is 300 g/mol. The van der Waals surface area contributed by atoms with Gasteiger partial charge in [0, 0.05) is 32.1 Å². The van der Waals surface area contributed by atoms with Crippen molar-refractivity contribution in [1.82, 2.24) is 0 Å². The van der Waals surface area contributed by atoms with Crippen LogP contribution >= 0.6 is 0 Å². The SMILES string of the molecule is CC(=O)CC(C)C.CC(C)CC(=O)CC(C)C.O=C1CCCCC1. The summed E-state index contributed by atoms with van der Waals surface area (Å²) in [6.45, 7) is 14.0. The Morgan fingerprint density at radius 3 is 1.29 bits per heavy atom. The van der Waals surface area contributed by atoms with Crippen LogP contribution in [0.1, 0.15) is 99.8 Å². The Balaban J connectivity index is 0. The molecule has 3 nitrogen and oxygen atoms in total. The lowest BCUT2D eigenvalue weighted by Crippen LogP contribution is -2.05. The summed E-state index contributed by atoms with van der Waals surface area (Å²) < 4.78 is 0. The Kier molecular flexibility index (Phi) is 16.3. The fraction of sp³-hybridized carbons (Fsp3) is 0.857. The highest BCUT2D eigenvalue weighted by Crippen LogP contribution is 2.12. The van der Waals surface area contributed by atoms with Crippen LogP contribution in [0.15, 0.2) is 0 Å². The van der Waals surface area contributed by atoms with Crippen molar-refractivity contribution in [2.24, 2.45) is 17.8 Å². The first kappa shape index (κ1) is 25.3. The summed E-state index contributed by atoms with van der Waals surface area (Å²) in [5.74, 6) is 2.72. The van der Waals surface area contributed by atoms with E-state index in [1.165, 1.54) is 6.42 Å². The Bertz CT molecular complexity index is 334. The maximum Gasteiger partial charge on any atom is 0.133 e. The summed E-state index contributed by atoms with van der Waals surface area (Å²) in [6, 6.07) is 0. The lowest BCUT2D eigenvalue weighted by Gasteiger charge is -2.05. The first-order valence-corrected chi connectivity index (χ1v) is 9.57. The molecule has 0 N–H and O–H groups in total. The van der Waals surface area contributed by atoms with Gasteiger partial charge in [0.2, 0.25) is 0 Å². The number of rotatable bonds is 6. The van der Waals surface area contributed by atoms with Gasteiger partial charge in [-0.1, -0.05) is 48.0 Å². The predicted octanol–water partition coefficient (Wildman–Crippen LogP) is 5.79. The van der Waals surface area contributed by atoms with Crippen LogP contribution in [0.25, 0.3) is 0 Å². The van der Waals surface area contributed by atoms with Gasteiger partial charge in [0.15, 0.2) is 0 Å². The Morgan fingerprint density at radius 1 is 0.750 bits per heavy atom. The van der Waals surface area contributed by atoms with Crippen LogP contribution in [-0.2, 0) is 14.4 Å². The zero-order chi connectivity index (χ0) is 19.1. The van der Waals surface area contributed by atoms with Gasteiger partial charge in [-0.3, -0.25) is 9.59 Å². The average Bonchev–Trinajstić information content (AvgIpc) is 2.37. The monoisotopic (exact) mass is 340 g/mol. The molecule has 0 radical (unpaired) electrons. The van der Waals surface area contributed by atoms with E-state index >= 15 is 0 Å². The molecule has 1 rings (SSSR count). The molecule has 0 unspecified atom stereocenters. The molecule has 0 amide bonds. The molecule has 1 saturated carbocycles. The lowest BCUT2D eigenvalue weighted by molar-refractivity contribution is -0.121. The number of carbonyl (C=O) groups excluding carboxylic acids is 3. The van der Waals surface area contributed by atoms with Crippen molar-refractivity contribution in [3.63, 3.8) is 0 Å².